The molecule has 0 radical (unpaired) electrons. The third-order valence-corrected chi connectivity index (χ3v) is 4.35. The molecular weight excluding hydrogens is 358 g/mol. The molecule has 1 heterocycles. The maximum atomic E-state index is 12.2. The van der Waals surface area contributed by atoms with E-state index in [0.29, 0.717) is 36.2 Å². The molecule has 0 unspecified atom stereocenters. The monoisotopic (exact) mass is 381 g/mol. The first kappa shape index (κ1) is 19.4. The number of hydrogen-bond donors (Lipinski definition) is 1. The van der Waals surface area contributed by atoms with Gasteiger partial charge in [0.15, 0.2) is 11.5 Å². The van der Waals surface area contributed by atoms with E-state index >= 15 is 0 Å². The molecule has 1 amide bonds. The number of aromatic nitrogens is 2. The molecule has 7 nitrogen and oxygen atoms in total. The standard InChI is InChI=1S/C21H23N3O4/c1-14-6-4-5-7-16(14)21-23-20(28-24-21)13-19(25)22-11-10-15-8-9-17(26-2)18(12-15)27-3/h4-9,12H,10-11,13H2,1-3H3,(H,22,25). The molecule has 28 heavy (non-hydrogen) atoms. The lowest BCUT2D eigenvalue weighted by Crippen LogP contribution is -2.27. The summed E-state index contributed by atoms with van der Waals surface area (Å²) >= 11 is 0. The number of aryl methyl sites for hydroxylation is 1. The fraction of sp³-hybridized carbons (Fsp3) is 0.286. The van der Waals surface area contributed by atoms with Crippen LogP contribution < -0.4 is 14.8 Å². The van der Waals surface area contributed by atoms with E-state index in [2.05, 4.69) is 15.5 Å². The molecule has 0 bridgehead atoms. The molecule has 146 valence electrons. The molecule has 0 aliphatic rings. The molecule has 1 aromatic heterocycles. The van der Waals surface area contributed by atoms with Crippen LogP contribution in [0, 0.1) is 6.92 Å². The zero-order chi connectivity index (χ0) is 19.9. The lowest BCUT2D eigenvalue weighted by atomic mass is 10.1. The summed E-state index contributed by atoms with van der Waals surface area (Å²) in [5, 5.41) is 6.84. The summed E-state index contributed by atoms with van der Waals surface area (Å²) in [6.45, 7) is 2.47. The number of carbonyl (C=O) groups is 1. The lowest BCUT2D eigenvalue weighted by molar-refractivity contribution is -0.120. The van der Waals surface area contributed by atoms with E-state index in [9.17, 15) is 4.79 Å². The Morgan fingerprint density at radius 3 is 2.64 bits per heavy atom. The number of nitrogens with zero attached hydrogens (tertiary/aromatic N) is 2. The summed E-state index contributed by atoms with van der Waals surface area (Å²) in [5.41, 5.74) is 2.98. The van der Waals surface area contributed by atoms with Crippen molar-refractivity contribution in [1.29, 1.82) is 0 Å². The highest BCUT2D eigenvalue weighted by atomic mass is 16.5. The Kier molecular flexibility index (Phi) is 6.26. The fourth-order valence-electron chi connectivity index (χ4n) is 2.84. The molecule has 2 aromatic carbocycles. The number of carbonyl (C=O) groups excluding carboxylic acids is 1. The van der Waals surface area contributed by atoms with Crippen LogP contribution in [0.5, 0.6) is 11.5 Å². The van der Waals surface area contributed by atoms with Gasteiger partial charge in [0.1, 0.15) is 6.42 Å². The van der Waals surface area contributed by atoms with Crippen molar-refractivity contribution >= 4 is 5.91 Å². The Labute approximate surface area is 163 Å². The van der Waals surface area contributed by atoms with Gasteiger partial charge >= 0.3 is 0 Å². The molecule has 0 aliphatic carbocycles. The second-order valence-electron chi connectivity index (χ2n) is 6.29. The summed E-state index contributed by atoms with van der Waals surface area (Å²) in [6.07, 6.45) is 0.717. The number of methoxy groups -OCH3 is 2. The second kappa shape index (κ2) is 9.03. The van der Waals surface area contributed by atoms with Crippen molar-refractivity contribution in [2.24, 2.45) is 0 Å². The quantitative estimate of drug-likeness (QED) is 0.646. The number of ether oxygens (including phenoxy) is 2. The van der Waals surface area contributed by atoms with Crippen LogP contribution in [0.15, 0.2) is 47.0 Å². The highest BCUT2D eigenvalue weighted by Gasteiger charge is 2.13. The van der Waals surface area contributed by atoms with Crippen LogP contribution in [0.3, 0.4) is 0 Å². The summed E-state index contributed by atoms with van der Waals surface area (Å²) < 4.78 is 15.7. The van der Waals surface area contributed by atoms with Gasteiger partial charge in [0.25, 0.3) is 0 Å². The SMILES string of the molecule is COc1ccc(CCNC(=O)Cc2nc(-c3ccccc3C)no2)cc1OC. The van der Waals surface area contributed by atoms with E-state index < -0.39 is 0 Å². The largest absolute Gasteiger partial charge is 0.493 e. The van der Waals surface area contributed by atoms with Gasteiger partial charge < -0.3 is 19.3 Å². The Morgan fingerprint density at radius 1 is 1.11 bits per heavy atom. The molecule has 0 spiro atoms. The predicted octanol–water partition coefficient (Wildman–Crippen LogP) is 2.96. The smallest absolute Gasteiger partial charge is 0.236 e. The molecule has 0 saturated heterocycles. The van der Waals surface area contributed by atoms with E-state index in [4.69, 9.17) is 14.0 Å². The van der Waals surface area contributed by atoms with E-state index in [-0.39, 0.29) is 12.3 Å². The van der Waals surface area contributed by atoms with Crippen LogP contribution in [0.25, 0.3) is 11.4 Å². The number of benzene rings is 2. The summed E-state index contributed by atoms with van der Waals surface area (Å²) in [4.78, 5) is 16.5. The minimum atomic E-state index is -0.166. The predicted molar refractivity (Wildman–Crippen MR) is 104 cm³/mol. The minimum absolute atomic E-state index is 0.0464. The molecule has 0 saturated carbocycles. The maximum absolute atomic E-state index is 12.2. The normalized spacial score (nSPS) is 10.5. The number of hydrogen-bond acceptors (Lipinski definition) is 6. The van der Waals surface area contributed by atoms with Gasteiger partial charge in [0.2, 0.25) is 17.6 Å². The van der Waals surface area contributed by atoms with Gasteiger partial charge in [-0.25, -0.2) is 0 Å². The Balaban J connectivity index is 1.52. The van der Waals surface area contributed by atoms with Crippen molar-refractivity contribution in [2.45, 2.75) is 19.8 Å². The van der Waals surface area contributed by atoms with Crippen LogP contribution in [0.1, 0.15) is 17.0 Å². The summed E-state index contributed by atoms with van der Waals surface area (Å²) in [6, 6.07) is 13.5. The van der Waals surface area contributed by atoms with Gasteiger partial charge in [-0.2, -0.15) is 4.98 Å². The minimum Gasteiger partial charge on any atom is -0.493 e. The van der Waals surface area contributed by atoms with Crippen molar-refractivity contribution < 1.29 is 18.8 Å². The third kappa shape index (κ3) is 4.68. The van der Waals surface area contributed by atoms with Gasteiger partial charge in [0.05, 0.1) is 14.2 Å². The average molecular weight is 381 g/mol. The van der Waals surface area contributed by atoms with Crippen LogP contribution >= 0.6 is 0 Å². The molecule has 3 aromatic rings. The molecule has 0 atom stereocenters. The lowest BCUT2D eigenvalue weighted by Gasteiger charge is -2.09. The van der Waals surface area contributed by atoms with Gasteiger partial charge in [-0.1, -0.05) is 35.5 Å². The first-order chi connectivity index (χ1) is 13.6. The second-order valence-corrected chi connectivity index (χ2v) is 6.29. The van der Waals surface area contributed by atoms with Gasteiger partial charge in [-0.3, -0.25) is 4.79 Å². The van der Waals surface area contributed by atoms with Gasteiger partial charge in [-0.05, 0) is 36.6 Å². The van der Waals surface area contributed by atoms with Crippen LogP contribution in [-0.4, -0.2) is 36.8 Å². The van der Waals surface area contributed by atoms with Crippen LogP contribution in [-0.2, 0) is 17.6 Å². The topological polar surface area (TPSA) is 86.5 Å². The maximum Gasteiger partial charge on any atom is 0.236 e. The highest BCUT2D eigenvalue weighted by Crippen LogP contribution is 2.27. The molecule has 3 rings (SSSR count). The van der Waals surface area contributed by atoms with Crippen molar-refractivity contribution in [2.75, 3.05) is 20.8 Å². The van der Waals surface area contributed by atoms with E-state index in [0.717, 1.165) is 16.7 Å². The number of amides is 1. The molecule has 1 N–H and O–H groups in total. The molecule has 7 heteroatoms. The highest BCUT2D eigenvalue weighted by molar-refractivity contribution is 5.77. The molecule has 0 aliphatic heterocycles. The van der Waals surface area contributed by atoms with Crippen molar-refractivity contribution in [3.63, 3.8) is 0 Å². The van der Waals surface area contributed by atoms with Crippen LogP contribution in [0.4, 0.5) is 0 Å². The third-order valence-electron chi connectivity index (χ3n) is 4.35. The van der Waals surface area contributed by atoms with Crippen molar-refractivity contribution in [3.8, 4) is 22.9 Å². The molecule has 0 fully saturated rings. The van der Waals surface area contributed by atoms with E-state index in [1.54, 1.807) is 14.2 Å². The van der Waals surface area contributed by atoms with Gasteiger partial charge in [-0.15, -0.1) is 0 Å². The van der Waals surface area contributed by atoms with Crippen molar-refractivity contribution in [1.82, 2.24) is 15.5 Å². The zero-order valence-corrected chi connectivity index (χ0v) is 16.2. The van der Waals surface area contributed by atoms with Crippen LogP contribution in [0.2, 0.25) is 0 Å². The number of rotatable bonds is 8. The zero-order valence-electron chi connectivity index (χ0n) is 16.2. The Morgan fingerprint density at radius 2 is 1.89 bits per heavy atom. The average Bonchev–Trinajstić information content (AvgIpc) is 3.16. The Bertz CT molecular complexity index is 952. The summed E-state index contributed by atoms with van der Waals surface area (Å²) in [7, 11) is 3.19. The van der Waals surface area contributed by atoms with E-state index in [1.807, 2.05) is 49.4 Å². The molecular formula is C21H23N3O4. The van der Waals surface area contributed by atoms with Gasteiger partial charge in [0, 0.05) is 12.1 Å². The Hall–Kier alpha value is -3.35. The fourth-order valence-corrected chi connectivity index (χ4v) is 2.84. The number of nitrogens with one attached hydrogen (secondary N) is 1. The van der Waals surface area contributed by atoms with Crippen molar-refractivity contribution in [3.05, 3.63) is 59.5 Å². The summed E-state index contributed by atoms with van der Waals surface area (Å²) in [5.74, 6) is 1.96. The first-order valence-corrected chi connectivity index (χ1v) is 8.97. The van der Waals surface area contributed by atoms with E-state index in [1.165, 1.54) is 0 Å². The first-order valence-electron chi connectivity index (χ1n) is 8.97.